The van der Waals surface area contributed by atoms with Crippen molar-refractivity contribution in [2.24, 2.45) is 0 Å². The van der Waals surface area contributed by atoms with Gasteiger partial charge in [0.1, 0.15) is 11.2 Å². The minimum absolute atomic E-state index is 0.128. The lowest BCUT2D eigenvalue weighted by Gasteiger charge is -2.06. The van der Waals surface area contributed by atoms with E-state index < -0.39 is 0 Å². The molecule has 0 aliphatic heterocycles. The Hall–Kier alpha value is -2.41. The van der Waals surface area contributed by atoms with E-state index in [0.717, 1.165) is 0 Å². The van der Waals surface area contributed by atoms with E-state index in [2.05, 4.69) is 25.3 Å². The first-order valence-electron chi connectivity index (χ1n) is 6.02. The lowest BCUT2D eigenvalue weighted by Crippen LogP contribution is -2.18. The topological polar surface area (TPSA) is 88.5 Å². The van der Waals surface area contributed by atoms with E-state index in [1.54, 1.807) is 6.07 Å². The van der Waals surface area contributed by atoms with Gasteiger partial charge in [0.15, 0.2) is 10.8 Å². The number of anilines is 1. The summed E-state index contributed by atoms with van der Waals surface area (Å²) >= 11 is 5.99. The van der Waals surface area contributed by atoms with E-state index in [1.165, 1.54) is 6.33 Å². The van der Waals surface area contributed by atoms with Crippen molar-refractivity contribution in [2.75, 3.05) is 5.32 Å². The number of rotatable bonds is 3. The first-order valence-corrected chi connectivity index (χ1v) is 6.40. The van der Waals surface area contributed by atoms with Crippen molar-refractivity contribution in [3.8, 4) is 0 Å². The summed E-state index contributed by atoms with van der Waals surface area (Å²) in [5, 5.41) is 2.84. The number of nitrogens with zero attached hydrogens (tertiary/aromatic N) is 4. The number of hydrogen-bond acceptors (Lipinski definition) is 4. The van der Waals surface area contributed by atoms with Crippen LogP contribution in [0.5, 0.6) is 0 Å². The minimum atomic E-state index is -0.289. The average Bonchev–Trinajstić information content (AvgIpc) is 3.06. The van der Waals surface area contributed by atoms with Crippen LogP contribution in [0.2, 0.25) is 5.15 Å². The number of aromatic amines is 1. The van der Waals surface area contributed by atoms with Crippen molar-refractivity contribution < 1.29 is 4.79 Å². The SMILES string of the molecule is CCn1cccc1C(=O)Nc1nc(Cl)c2[nH]cnc2n1. The van der Waals surface area contributed by atoms with Gasteiger partial charge in [-0.3, -0.25) is 10.1 Å². The van der Waals surface area contributed by atoms with Crippen molar-refractivity contribution in [1.29, 1.82) is 0 Å². The van der Waals surface area contributed by atoms with Gasteiger partial charge in [0.25, 0.3) is 5.91 Å². The summed E-state index contributed by atoms with van der Waals surface area (Å²) in [6.07, 6.45) is 3.30. The molecule has 3 aromatic rings. The highest BCUT2D eigenvalue weighted by Gasteiger charge is 2.14. The molecule has 2 N–H and O–H groups in total. The van der Waals surface area contributed by atoms with Crippen LogP contribution in [0, 0.1) is 0 Å². The summed E-state index contributed by atoms with van der Waals surface area (Å²) in [6.45, 7) is 2.66. The summed E-state index contributed by atoms with van der Waals surface area (Å²) in [6, 6.07) is 3.54. The molecule has 3 heterocycles. The van der Waals surface area contributed by atoms with Gasteiger partial charge in [-0.15, -0.1) is 0 Å². The number of amides is 1. The van der Waals surface area contributed by atoms with Crippen molar-refractivity contribution in [2.45, 2.75) is 13.5 Å². The number of imidazole rings is 1. The monoisotopic (exact) mass is 290 g/mol. The molecule has 0 aliphatic rings. The molecule has 0 aromatic carbocycles. The molecule has 0 atom stereocenters. The number of H-pyrrole nitrogens is 1. The van der Waals surface area contributed by atoms with Crippen LogP contribution in [0.3, 0.4) is 0 Å². The average molecular weight is 291 g/mol. The van der Waals surface area contributed by atoms with Crippen molar-refractivity contribution in [3.63, 3.8) is 0 Å². The van der Waals surface area contributed by atoms with Crippen LogP contribution in [0.1, 0.15) is 17.4 Å². The maximum Gasteiger partial charge on any atom is 0.274 e. The fourth-order valence-corrected chi connectivity index (χ4v) is 2.13. The van der Waals surface area contributed by atoms with Gasteiger partial charge in [0.05, 0.1) is 6.33 Å². The zero-order valence-corrected chi connectivity index (χ0v) is 11.3. The Kier molecular flexibility index (Phi) is 3.11. The standard InChI is InChI=1S/C12H11ClN6O/c1-2-19-5-3-4-7(19)11(20)18-12-16-9(13)8-10(17-12)15-6-14-8/h3-6H,2H2,1H3,(H2,14,15,16,17,18,20). The molecule has 0 unspecified atom stereocenters. The first kappa shape index (κ1) is 12.6. The molecular formula is C12H11ClN6O. The Morgan fingerprint density at radius 3 is 3.15 bits per heavy atom. The third-order valence-corrected chi connectivity index (χ3v) is 3.14. The Bertz CT molecular complexity index is 777. The van der Waals surface area contributed by atoms with Crippen LogP contribution in [-0.4, -0.2) is 30.4 Å². The van der Waals surface area contributed by atoms with Gasteiger partial charge in [-0.25, -0.2) is 4.98 Å². The molecule has 0 saturated heterocycles. The zero-order valence-electron chi connectivity index (χ0n) is 10.6. The Morgan fingerprint density at radius 2 is 2.35 bits per heavy atom. The molecule has 0 bridgehead atoms. The van der Waals surface area contributed by atoms with Crippen LogP contribution in [0.4, 0.5) is 5.95 Å². The molecule has 3 rings (SSSR count). The van der Waals surface area contributed by atoms with E-state index >= 15 is 0 Å². The number of aromatic nitrogens is 5. The maximum absolute atomic E-state index is 12.2. The number of hydrogen-bond donors (Lipinski definition) is 2. The van der Waals surface area contributed by atoms with Gasteiger partial charge in [0, 0.05) is 12.7 Å². The van der Waals surface area contributed by atoms with Gasteiger partial charge in [-0.05, 0) is 19.1 Å². The molecule has 8 heteroatoms. The van der Waals surface area contributed by atoms with Crippen LogP contribution < -0.4 is 5.32 Å². The smallest absolute Gasteiger partial charge is 0.274 e. The Balaban J connectivity index is 1.91. The summed E-state index contributed by atoms with van der Waals surface area (Å²) < 4.78 is 1.82. The predicted molar refractivity (Wildman–Crippen MR) is 74.8 cm³/mol. The maximum atomic E-state index is 12.2. The molecule has 1 amide bonds. The van der Waals surface area contributed by atoms with Crippen molar-refractivity contribution >= 4 is 34.6 Å². The van der Waals surface area contributed by atoms with E-state index in [4.69, 9.17) is 11.6 Å². The summed E-state index contributed by atoms with van der Waals surface area (Å²) in [4.78, 5) is 27.1. The third-order valence-electron chi connectivity index (χ3n) is 2.87. The number of carbonyl (C=O) groups excluding carboxylic acids is 1. The lowest BCUT2D eigenvalue weighted by atomic mass is 10.4. The van der Waals surface area contributed by atoms with Gasteiger partial charge < -0.3 is 9.55 Å². The van der Waals surface area contributed by atoms with Gasteiger partial charge >= 0.3 is 0 Å². The van der Waals surface area contributed by atoms with E-state index in [9.17, 15) is 4.79 Å². The summed E-state index contributed by atoms with van der Waals surface area (Å²) in [5.41, 5.74) is 1.49. The third kappa shape index (κ3) is 2.12. The molecule has 20 heavy (non-hydrogen) atoms. The highest BCUT2D eigenvalue weighted by molar-refractivity contribution is 6.33. The summed E-state index contributed by atoms with van der Waals surface area (Å²) in [5.74, 6) is -0.161. The Morgan fingerprint density at radius 1 is 1.50 bits per heavy atom. The number of carbonyl (C=O) groups is 1. The van der Waals surface area contributed by atoms with E-state index in [1.807, 2.05) is 23.8 Å². The van der Waals surface area contributed by atoms with E-state index in [-0.39, 0.29) is 17.0 Å². The molecule has 7 nitrogen and oxygen atoms in total. The lowest BCUT2D eigenvalue weighted by molar-refractivity contribution is 0.101. The second kappa shape index (κ2) is 4.93. The van der Waals surface area contributed by atoms with Crippen LogP contribution in [0.25, 0.3) is 11.2 Å². The molecular weight excluding hydrogens is 280 g/mol. The van der Waals surface area contributed by atoms with Crippen molar-refractivity contribution in [3.05, 3.63) is 35.5 Å². The largest absolute Gasteiger partial charge is 0.344 e. The highest BCUT2D eigenvalue weighted by atomic mass is 35.5. The van der Waals surface area contributed by atoms with E-state index in [0.29, 0.717) is 23.4 Å². The van der Waals surface area contributed by atoms with Gasteiger partial charge in [-0.2, -0.15) is 9.97 Å². The second-order valence-electron chi connectivity index (χ2n) is 4.07. The molecule has 0 fully saturated rings. The Labute approximate surface area is 119 Å². The molecule has 0 aliphatic carbocycles. The molecule has 0 spiro atoms. The number of aryl methyl sites for hydroxylation is 1. The van der Waals surface area contributed by atoms with Gasteiger partial charge in [-0.1, -0.05) is 11.6 Å². The number of nitrogens with one attached hydrogen (secondary N) is 2. The molecule has 0 saturated carbocycles. The minimum Gasteiger partial charge on any atom is -0.344 e. The van der Waals surface area contributed by atoms with Crippen LogP contribution in [-0.2, 0) is 6.54 Å². The fourth-order valence-electron chi connectivity index (χ4n) is 1.92. The quantitative estimate of drug-likeness (QED) is 0.723. The van der Waals surface area contributed by atoms with Gasteiger partial charge in [0.2, 0.25) is 5.95 Å². The predicted octanol–water partition coefficient (Wildman–Crippen LogP) is 2.08. The highest BCUT2D eigenvalue weighted by Crippen LogP contribution is 2.18. The molecule has 102 valence electrons. The fraction of sp³-hybridized carbons (Fsp3) is 0.167. The van der Waals surface area contributed by atoms with Crippen LogP contribution in [0.15, 0.2) is 24.7 Å². The normalized spacial score (nSPS) is 10.9. The number of fused-ring (bicyclic) bond motifs is 1. The van der Waals surface area contributed by atoms with Crippen molar-refractivity contribution in [1.82, 2.24) is 24.5 Å². The van der Waals surface area contributed by atoms with Crippen LogP contribution >= 0.6 is 11.6 Å². The summed E-state index contributed by atoms with van der Waals surface area (Å²) in [7, 11) is 0. The molecule has 3 aromatic heterocycles. The molecule has 0 radical (unpaired) electrons. The number of halogens is 1. The second-order valence-corrected chi connectivity index (χ2v) is 4.43. The zero-order chi connectivity index (χ0) is 14.1. The first-order chi connectivity index (χ1) is 9.69.